The molecule has 1 aromatic carbocycles. The average molecular weight is 310 g/mol. The smallest absolute Gasteiger partial charge is 0.224 e. The second-order valence-electron chi connectivity index (χ2n) is 3.51. The van der Waals surface area contributed by atoms with Crippen LogP contribution in [0.4, 0.5) is 4.39 Å². The first kappa shape index (κ1) is 12.7. The van der Waals surface area contributed by atoms with E-state index in [0.717, 1.165) is 0 Å². The molecule has 92 valence electrons. The first-order valence-corrected chi connectivity index (χ1v) is 5.91. The molecule has 0 fully saturated rings. The molecular weight excluding hydrogens is 301 g/mol. The van der Waals surface area contributed by atoms with E-state index in [9.17, 15) is 9.18 Å². The molecule has 2 rings (SSSR count). The number of methoxy groups -OCH3 is 1. The second kappa shape index (κ2) is 5.27. The maximum atomic E-state index is 13.6. The third-order valence-electron chi connectivity index (χ3n) is 2.38. The van der Waals surface area contributed by atoms with Crippen molar-refractivity contribution in [3.63, 3.8) is 0 Å². The summed E-state index contributed by atoms with van der Waals surface area (Å²) in [6.45, 7) is 0. The Kier molecular flexibility index (Phi) is 3.72. The topological polar surface area (TPSA) is 39.2 Å². The lowest BCUT2D eigenvalue weighted by molar-refractivity contribution is 0.103. The fourth-order valence-corrected chi connectivity index (χ4v) is 1.90. The van der Waals surface area contributed by atoms with Crippen molar-refractivity contribution in [1.82, 2.24) is 4.98 Å². The van der Waals surface area contributed by atoms with Gasteiger partial charge in [0.15, 0.2) is 0 Å². The van der Waals surface area contributed by atoms with Crippen molar-refractivity contribution in [2.45, 2.75) is 0 Å². The fraction of sp³-hybridized carbons (Fsp3) is 0.0769. The summed E-state index contributed by atoms with van der Waals surface area (Å²) in [7, 11) is 1.41. The van der Waals surface area contributed by atoms with Gasteiger partial charge in [0.2, 0.25) is 11.7 Å². The van der Waals surface area contributed by atoms with Gasteiger partial charge in [-0.1, -0.05) is 15.9 Å². The Bertz CT molecular complexity index is 601. The van der Waals surface area contributed by atoms with E-state index in [-0.39, 0.29) is 17.0 Å². The molecule has 3 nitrogen and oxygen atoms in total. The molecule has 0 saturated carbocycles. The van der Waals surface area contributed by atoms with Gasteiger partial charge in [0, 0.05) is 10.7 Å². The van der Waals surface area contributed by atoms with Crippen molar-refractivity contribution in [1.29, 1.82) is 0 Å². The van der Waals surface area contributed by atoms with Gasteiger partial charge in [0.25, 0.3) is 0 Å². The van der Waals surface area contributed by atoms with E-state index in [1.54, 1.807) is 12.1 Å². The molecule has 0 N–H and O–H groups in total. The molecule has 5 heteroatoms. The Balaban J connectivity index is 2.51. The molecule has 0 spiro atoms. The third kappa shape index (κ3) is 2.41. The van der Waals surface area contributed by atoms with Crippen LogP contribution in [0.25, 0.3) is 0 Å². The van der Waals surface area contributed by atoms with Crippen LogP contribution in [0.1, 0.15) is 15.9 Å². The van der Waals surface area contributed by atoms with Crippen LogP contribution in [-0.2, 0) is 0 Å². The number of carbonyl (C=O) groups excluding carboxylic acids is 1. The molecule has 0 atom stereocenters. The predicted octanol–water partition coefficient (Wildman–Crippen LogP) is 3.22. The molecule has 1 aromatic heterocycles. The van der Waals surface area contributed by atoms with E-state index in [2.05, 4.69) is 20.9 Å². The van der Waals surface area contributed by atoms with Crippen molar-refractivity contribution in [3.05, 3.63) is 57.9 Å². The van der Waals surface area contributed by atoms with E-state index in [4.69, 9.17) is 4.74 Å². The molecule has 0 unspecified atom stereocenters. The van der Waals surface area contributed by atoms with E-state index < -0.39 is 11.6 Å². The maximum Gasteiger partial charge on any atom is 0.224 e. The summed E-state index contributed by atoms with van der Waals surface area (Å²) in [6, 6.07) is 7.36. The van der Waals surface area contributed by atoms with Gasteiger partial charge in [0.05, 0.1) is 18.2 Å². The predicted molar refractivity (Wildman–Crippen MR) is 68.3 cm³/mol. The normalized spacial score (nSPS) is 10.2. The van der Waals surface area contributed by atoms with Crippen LogP contribution in [0.3, 0.4) is 0 Å². The molecule has 0 aliphatic rings. The second-order valence-corrected chi connectivity index (χ2v) is 4.43. The Morgan fingerprint density at radius 1 is 1.33 bits per heavy atom. The van der Waals surface area contributed by atoms with Gasteiger partial charge in [-0.3, -0.25) is 4.79 Å². The molecule has 0 amide bonds. The van der Waals surface area contributed by atoms with Gasteiger partial charge in [-0.05, 0) is 30.3 Å². The van der Waals surface area contributed by atoms with Crippen LogP contribution in [0.2, 0.25) is 0 Å². The quantitative estimate of drug-likeness (QED) is 0.817. The lowest BCUT2D eigenvalue weighted by Crippen LogP contribution is -2.07. The Hall–Kier alpha value is -1.75. The van der Waals surface area contributed by atoms with Crippen molar-refractivity contribution in [2.75, 3.05) is 7.11 Å². The van der Waals surface area contributed by atoms with Gasteiger partial charge >= 0.3 is 0 Å². The molecule has 1 heterocycles. The summed E-state index contributed by atoms with van der Waals surface area (Å²) in [5.74, 6) is -0.852. The highest BCUT2D eigenvalue weighted by molar-refractivity contribution is 9.10. The van der Waals surface area contributed by atoms with Crippen LogP contribution in [0.5, 0.6) is 5.88 Å². The summed E-state index contributed by atoms with van der Waals surface area (Å²) >= 11 is 3.21. The number of benzene rings is 1. The molecular formula is C13H9BrFNO2. The van der Waals surface area contributed by atoms with Crippen LogP contribution in [-0.4, -0.2) is 17.9 Å². The summed E-state index contributed by atoms with van der Waals surface area (Å²) in [5, 5.41) is 0. The van der Waals surface area contributed by atoms with Crippen molar-refractivity contribution in [2.24, 2.45) is 0 Å². The minimum atomic E-state index is -0.575. The van der Waals surface area contributed by atoms with Gasteiger partial charge in [-0.2, -0.15) is 0 Å². The SMILES string of the molecule is COc1ncccc1C(=O)c1cc(Br)ccc1F. The highest BCUT2D eigenvalue weighted by Gasteiger charge is 2.18. The number of halogens is 2. The number of carbonyl (C=O) groups is 1. The van der Waals surface area contributed by atoms with Gasteiger partial charge in [-0.15, -0.1) is 0 Å². The van der Waals surface area contributed by atoms with Crippen LogP contribution >= 0.6 is 15.9 Å². The largest absolute Gasteiger partial charge is 0.480 e. The number of hydrogen-bond acceptors (Lipinski definition) is 3. The number of hydrogen-bond donors (Lipinski definition) is 0. The van der Waals surface area contributed by atoms with Crippen molar-refractivity contribution in [3.8, 4) is 5.88 Å². The molecule has 0 saturated heterocycles. The highest BCUT2D eigenvalue weighted by atomic mass is 79.9. The minimum Gasteiger partial charge on any atom is -0.480 e. The zero-order valence-corrected chi connectivity index (χ0v) is 11.1. The highest BCUT2D eigenvalue weighted by Crippen LogP contribution is 2.22. The molecule has 0 radical (unpaired) electrons. The number of rotatable bonds is 3. The maximum absolute atomic E-state index is 13.6. The number of aromatic nitrogens is 1. The molecule has 0 aliphatic carbocycles. The summed E-state index contributed by atoms with van der Waals surface area (Å²) in [5.41, 5.74) is 0.215. The number of pyridine rings is 1. The average Bonchev–Trinajstić information content (AvgIpc) is 2.40. The molecule has 18 heavy (non-hydrogen) atoms. The van der Waals surface area contributed by atoms with Crippen LogP contribution in [0, 0.1) is 5.82 Å². The monoisotopic (exact) mass is 309 g/mol. The van der Waals surface area contributed by atoms with Gasteiger partial charge in [0.1, 0.15) is 5.82 Å². The zero-order valence-electron chi connectivity index (χ0n) is 9.48. The Labute approximate surface area is 112 Å². The van der Waals surface area contributed by atoms with E-state index in [1.807, 2.05) is 0 Å². The summed E-state index contributed by atoms with van der Waals surface area (Å²) in [6.07, 6.45) is 1.51. The number of nitrogens with zero attached hydrogens (tertiary/aromatic N) is 1. The molecule has 0 bridgehead atoms. The first-order valence-electron chi connectivity index (χ1n) is 5.12. The van der Waals surface area contributed by atoms with Gasteiger partial charge < -0.3 is 4.74 Å². The van der Waals surface area contributed by atoms with E-state index in [1.165, 1.54) is 31.5 Å². The lowest BCUT2D eigenvalue weighted by atomic mass is 10.0. The van der Waals surface area contributed by atoms with Gasteiger partial charge in [-0.25, -0.2) is 9.37 Å². The lowest BCUT2D eigenvalue weighted by Gasteiger charge is -2.07. The van der Waals surface area contributed by atoms with E-state index in [0.29, 0.717) is 4.47 Å². The van der Waals surface area contributed by atoms with E-state index >= 15 is 0 Å². The number of ketones is 1. The van der Waals surface area contributed by atoms with Crippen LogP contribution in [0.15, 0.2) is 41.0 Å². The van der Waals surface area contributed by atoms with Crippen LogP contribution < -0.4 is 4.74 Å². The Morgan fingerprint density at radius 2 is 2.11 bits per heavy atom. The fourth-order valence-electron chi connectivity index (χ4n) is 1.54. The standard InChI is InChI=1S/C13H9BrFNO2/c1-18-13-9(3-2-6-16-13)12(17)10-7-8(14)4-5-11(10)15/h2-7H,1H3. The zero-order chi connectivity index (χ0) is 13.1. The number of ether oxygens (including phenoxy) is 1. The Morgan fingerprint density at radius 3 is 2.83 bits per heavy atom. The minimum absolute atomic E-state index is 0.0179. The first-order chi connectivity index (χ1) is 8.63. The summed E-state index contributed by atoms with van der Waals surface area (Å²) in [4.78, 5) is 16.1. The molecule has 2 aromatic rings. The van der Waals surface area contributed by atoms with Crippen molar-refractivity contribution >= 4 is 21.7 Å². The molecule has 0 aliphatic heterocycles. The van der Waals surface area contributed by atoms with Crippen molar-refractivity contribution < 1.29 is 13.9 Å². The third-order valence-corrected chi connectivity index (χ3v) is 2.88. The summed E-state index contributed by atoms with van der Waals surface area (Å²) < 4.78 is 19.3.